The van der Waals surface area contributed by atoms with Gasteiger partial charge in [-0.1, -0.05) is 55.5 Å². The fourth-order valence-electron chi connectivity index (χ4n) is 3.40. The number of urea groups is 1. The minimum absolute atomic E-state index is 0.0256. The molecule has 1 atom stereocenters. The molecule has 0 bridgehead atoms. The number of carbonyl (C=O) groups excluding carboxylic acids is 2. The molecule has 5 nitrogen and oxygen atoms in total. The molecular weight excluding hydrogens is 437 g/mol. The minimum atomic E-state index is -0.312. The van der Waals surface area contributed by atoms with Crippen LogP contribution in [0.15, 0.2) is 72.1 Å². The topological polar surface area (TPSA) is 52.7 Å². The molecule has 0 aliphatic rings. The van der Waals surface area contributed by atoms with Gasteiger partial charge >= 0.3 is 6.03 Å². The van der Waals surface area contributed by atoms with E-state index < -0.39 is 0 Å². The predicted octanol–water partition coefficient (Wildman–Crippen LogP) is 5.43. The largest absolute Gasteiger partial charge is 0.334 e. The van der Waals surface area contributed by atoms with Crippen LogP contribution in [0.1, 0.15) is 36.3 Å². The highest BCUT2D eigenvalue weighted by molar-refractivity contribution is 7.09. The summed E-state index contributed by atoms with van der Waals surface area (Å²) in [5.74, 6) is -0.462. The Balaban J connectivity index is 1.72. The van der Waals surface area contributed by atoms with Crippen molar-refractivity contribution in [1.29, 1.82) is 0 Å². The van der Waals surface area contributed by atoms with E-state index in [0.29, 0.717) is 19.6 Å². The van der Waals surface area contributed by atoms with Gasteiger partial charge in [0, 0.05) is 24.0 Å². The maximum atomic E-state index is 13.4. The third-order valence-electron chi connectivity index (χ3n) is 5.54. The highest BCUT2D eigenvalue weighted by Crippen LogP contribution is 2.16. The van der Waals surface area contributed by atoms with E-state index in [1.807, 2.05) is 61.7 Å². The first kappa shape index (κ1) is 24.5. The highest BCUT2D eigenvalue weighted by atomic mass is 32.1. The third kappa shape index (κ3) is 7.43. The van der Waals surface area contributed by atoms with Crippen LogP contribution in [0.5, 0.6) is 0 Å². The van der Waals surface area contributed by atoms with Gasteiger partial charge in [0.05, 0.1) is 6.54 Å². The Labute approximate surface area is 198 Å². The van der Waals surface area contributed by atoms with Gasteiger partial charge in [0.2, 0.25) is 5.91 Å². The summed E-state index contributed by atoms with van der Waals surface area (Å²) in [7, 11) is 0. The molecule has 1 aromatic heterocycles. The van der Waals surface area contributed by atoms with Crippen LogP contribution in [0.4, 0.5) is 9.18 Å². The number of halogens is 1. The van der Waals surface area contributed by atoms with Crippen molar-refractivity contribution >= 4 is 23.3 Å². The molecule has 0 saturated carbocycles. The van der Waals surface area contributed by atoms with Crippen molar-refractivity contribution < 1.29 is 14.0 Å². The number of nitrogens with zero attached hydrogens (tertiary/aromatic N) is 2. The van der Waals surface area contributed by atoms with E-state index >= 15 is 0 Å². The van der Waals surface area contributed by atoms with Crippen LogP contribution in [0.3, 0.4) is 0 Å². The lowest BCUT2D eigenvalue weighted by Crippen LogP contribution is -2.49. The zero-order chi connectivity index (χ0) is 23.6. The van der Waals surface area contributed by atoms with Crippen molar-refractivity contribution in [3.05, 3.63) is 93.9 Å². The standard InChI is InChI=1S/C26H30FN3O2S/c1-3-20(2)30(26(32)28-16-21-8-5-4-6-9-21)19-25(31)29(18-24-10-7-15-33-24)17-22-11-13-23(27)14-12-22/h4-15,20H,3,16-19H2,1-2H3,(H,28,32). The first-order valence-corrected chi connectivity index (χ1v) is 12.0. The SMILES string of the molecule is CCC(C)N(CC(=O)N(Cc1ccc(F)cc1)Cc1cccs1)C(=O)NCc1ccccc1. The molecule has 0 aliphatic carbocycles. The minimum Gasteiger partial charge on any atom is -0.334 e. The summed E-state index contributed by atoms with van der Waals surface area (Å²) in [6.45, 7) is 5.09. The first-order chi connectivity index (χ1) is 16.0. The van der Waals surface area contributed by atoms with Crippen molar-refractivity contribution in [2.45, 2.75) is 45.9 Å². The van der Waals surface area contributed by atoms with E-state index in [9.17, 15) is 14.0 Å². The Bertz CT molecular complexity index is 1010. The van der Waals surface area contributed by atoms with Gasteiger partial charge in [0.25, 0.3) is 0 Å². The molecule has 3 rings (SSSR count). The Morgan fingerprint density at radius 3 is 2.33 bits per heavy atom. The van der Waals surface area contributed by atoms with Crippen molar-refractivity contribution in [2.24, 2.45) is 0 Å². The molecule has 1 N–H and O–H groups in total. The quantitative estimate of drug-likeness (QED) is 0.432. The molecule has 3 amide bonds. The molecule has 0 fully saturated rings. The molecule has 1 unspecified atom stereocenters. The number of hydrogen-bond acceptors (Lipinski definition) is 3. The van der Waals surface area contributed by atoms with Crippen molar-refractivity contribution in [1.82, 2.24) is 15.1 Å². The van der Waals surface area contributed by atoms with E-state index in [2.05, 4.69) is 5.32 Å². The summed E-state index contributed by atoms with van der Waals surface area (Å²) in [6.07, 6.45) is 0.731. The Hall–Kier alpha value is -3.19. The lowest BCUT2D eigenvalue weighted by Gasteiger charge is -2.31. The van der Waals surface area contributed by atoms with Gasteiger partial charge in [-0.05, 0) is 48.1 Å². The molecule has 0 spiro atoms. The highest BCUT2D eigenvalue weighted by Gasteiger charge is 2.25. The predicted molar refractivity (Wildman–Crippen MR) is 130 cm³/mol. The molecule has 3 aromatic rings. The molecule has 1 heterocycles. The van der Waals surface area contributed by atoms with Crippen molar-refractivity contribution in [3.8, 4) is 0 Å². The zero-order valence-electron chi connectivity index (χ0n) is 19.0. The number of nitrogens with one attached hydrogen (secondary N) is 1. The Morgan fingerprint density at radius 1 is 0.970 bits per heavy atom. The zero-order valence-corrected chi connectivity index (χ0v) is 19.9. The normalized spacial score (nSPS) is 11.6. The maximum Gasteiger partial charge on any atom is 0.318 e. The van der Waals surface area contributed by atoms with Crippen LogP contribution >= 0.6 is 11.3 Å². The van der Waals surface area contributed by atoms with Crippen molar-refractivity contribution in [3.63, 3.8) is 0 Å². The van der Waals surface area contributed by atoms with E-state index in [-0.39, 0.29) is 30.3 Å². The Kier molecular flexibility index (Phi) is 9.01. The number of carbonyl (C=O) groups is 2. The molecule has 0 radical (unpaired) electrons. The second-order valence-corrected chi connectivity index (χ2v) is 9.02. The van der Waals surface area contributed by atoms with Gasteiger partial charge in [-0.25, -0.2) is 9.18 Å². The van der Waals surface area contributed by atoms with Gasteiger partial charge in [-0.3, -0.25) is 4.79 Å². The maximum absolute atomic E-state index is 13.4. The number of rotatable bonds is 10. The van der Waals surface area contributed by atoms with Crippen LogP contribution in [-0.2, 0) is 24.4 Å². The van der Waals surface area contributed by atoms with Crippen LogP contribution < -0.4 is 5.32 Å². The first-order valence-electron chi connectivity index (χ1n) is 11.1. The second-order valence-electron chi connectivity index (χ2n) is 7.99. The molecule has 0 saturated heterocycles. The monoisotopic (exact) mass is 467 g/mol. The average molecular weight is 468 g/mol. The van der Waals surface area contributed by atoms with Gasteiger partial charge in [0.15, 0.2) is 0 Å². The van der Waals surface area contributed by atoms with Gasteiger partial charge in [0.1, 0.15) is 12.4 Å². The van der Waals surface area contributed by atoms with Crippen LogP contribution in [0.25, 0.3) is 0 Å². The summed E-state index contributed by atoms with van der Waals surface area (Å²) in [4.78, 5) is 30.7. The van der Waals surface area contributed by atoms with E-state index in [1.54, 1.807) is 33.3 Å². The van der Waals surface area contributed by atoms with Crippen molar-refractivity contribution in [2.75, 3.05) is 6.54 Å². The van der Waals surface area contributed by atoms with E-state index in [4.69, 9.17) is 0 Å². The fraction of sp³-hybridized carbons (Fsp3) is 0.308. The van der Waals surface area contributed by atoms with E-state index in [0.717, 1.165) is 22.4 Å². The number of amides is 3. The lowest BCUT2D eigenvalue weighted by molar-refractivity contribution is -0.133. The summed E-state index contributed by atoms with van der Waals surface area (Å²) in [5, 5.41) is 4.91. The average Bonchev–Trinajstić information content (AvgIpc) is 3.35. The number of benzene rings is 2. The van der Waals surface area contributed by atoms with Crippen LogP contribution in [-0.4, -0.2) is 34.3 Å². The molecule has 33 heavy (non-hydrogen) atoms. The third-order valence-corrected chi connectivity index (χ3v) is 6.40. The van der Waals surface area contributed by atoms with Gasteiger partial charge in [-0.2, -0.15) is 0 Å². The molecule has 174 valence electrons. The molecule has 2 aromatic carbocycles. The van der Waals surface area contributed by atoms with E-state index in [1.165, 1.54) is 12.1 Å². The van der Waals surface area contributed by atoms with Gasteiger partial charge in [-0.15, -0.1) is 11.3 Å². The summed E-state index contributed by atoms with van der Waals surface area (Å²) in [5.41, 5.74) is 1.84. The summed E-state index contributed by atoms with van der Waals surface area (Å²) in [6, 6.07) is 19.4. The summed E-state index contributed by atoms with van der Waals surface area (Å²) < 4.78 is 13.3. The Morgan fingerprint density at radius 2 is 1.70 bits per heavy atom. The molecule has 0 aliphatic heterocycles. The van der Waals surface area contributed by atoms with Crippen LogP contribution in [0, 0.1) is 5.82 Å². The summed E-state index contributed by atoms with van der Waals surface area (Å²) >= 11 is 1.58. The van der Waals surface area contributed by atoms with Gasteiger partial charge < -0.3 is 15.1 Å². The van der Waals surface area contributed by atoms with Crippen LogP contribution in [0.2, 0.25) is 0 Å². The smallest absolute Gasteiger partial charge is 0.318 e. The molecule has 7 heteroatoms. The number of thiophene rings is 1. The lowest BCUT2D eigenvalue weighted by atomic mass is 10.2. The fourth-order valence-corrected chi connectivity index (χ4v) is 4.12. The number of hydrogen-bond donors (Lipinski definition) is 1. The second kappa shape index (κ2) is 12.2. The molecular formula is C26H30FN3O2S.